The highest BCUT2D eigenvalue weighted by Gasteiger charge is 2.60. The van der Waals surface area contributed by atoms with E-state index in [4.69, 9.17) is 18.9 Å². The van der Waals surface area contributed by atoms with Gasteiger partial charge in [0.25, 0.3) is 5.79 Å². The summed E-state index contributed by atoms with van der Waals surface area (Å²) in [6.07, 6.45) is -1.21. The van der Waals surface area contributed by atoms with E-state index in [9.17, 15) is 14.9 Å². The van der Waals surface area contributed by atoms with Gasteiger partial charge in [0.15, 0.2) is 6.10 Å². The number of carbonyl (C=O) groups is 1. The van der Waals surface area contributed by atoms with E-state index in [2.05, 4.69) is 0 Å². The van der Waals surface area contributed by atoms with Gasteiger partial charge in [-0.3, -0.25) is 10.1 Å². The highest BCUT2D eigenvalue weighted by Crippen LogP contribution is 2.41. The summed E-state index contributed by atoms with van der Waals surface area (Å²) < 4.78 is 22.0. The number of methoxy groups -OCH3 is 2. The standard InChI is InChI=1S/C17H23NO7/c1-11(18(20)21)13(12-9-7-6-8-10-12)14-15(19)25-17(3,23-5)16(2,22-4)24-14/h6-11,13-14H,1-5H3/t11-,13-,14-,16+,17+/m1/s1. The lowest BCUT2D eigenvalue weighted by Gasteiger charge is -2.49. The monoisotopic (exact) mass is 353 g/mol. The molecule has 0 radical (unpaired) electrons. The van der Waals surface area contributed by atoms with Crippen molar-refractivity contribution in [2.24, 2.45) is 0 Å². The Morgan fingerprint density at radius 2 is 1.72 bits per heavy atom. The molecule has 1 heterocycles. The van der Waals surface area contributed by atoms with Crippen LogP contribution in [-0.2, 0) is 23.7 Å². The highest BCUT2D eigenvalue weighted by molar-refractivity contribution is 5.77. The topological polar surface area (TPSA) is 97.1 Å². The molecule has 8 heteroatoms. The van der Waals surface area contributed by atoms with Crippen LogP contribution in [0.5, 0.6) is 0 Å². The molecule has 0 saturated carbocycles. The van der Waals surface area contributed by atoms with Crippen LogP contribution in [0.1, 0.15) is 32.3 Å². The predicted molar refractivity (Wildman–Crippen MR) is 87.4 cm³/mol. The maximum atomic E-state index is 12.6. The van der Waals surface area contributed by atoms with Gasteiger partial charge < -0.3 is 18.9 Å². The SMILES string of the molecule is CO[C@@]1(C)OC(=O)[C@@H]([C@@H](c2ccccc2)[C@@H](C)[N+](=O)[O-])O[C@]1(C)OC. The number of cyclic esters (lactones) is 1. The average Bonchev–Trinajstić information content (AvgIpc) is 2.60. The van der Waals surface area contributed by atoms with E-state index in [1.54, 1.807) is 37.3 Å². The zero-order valence-corrected chi connectivity index (χ0v) is 14.9. The molecule has 1 fully saturated rings. The molecule has 0 amide bonds. The molecule has 0 aromatic heterocycles. The molecule has 1 aromatic rings. The molecule has 25 heavy (non-hydrogen) atoms. The van der Waals surface area contributed by atoms with Gasteiger partial charge in [-0.15, -0.1) is 0 Å². The summed E-state index contributed by atoms with van der Waals surface area (Å²) in [5.41, 5.74) is 0.605. The van der Waals surface area contributed by atoms with Crippen LogP contribution in [0.3, 0.4) is 0 Å². The van der Waals surface area contributed by atoms with Gasteiger partial charge in [-0.05, 0) is 12.5 Å². The van der Waals surface area contributed by atoms with Gasteiger partial charge in [-0.1, -0.05) is 30.3 Å². The second-order valence-corrected chi connectivity index (χ2v) is 6.22. The van der Waals surface area contributed by atoms with Crippen LogP contribution >= 0.6 is 0 Å². The van der Waals surface area contributed by atoms with E-state index < -0.39 is 40.5 Å². The first-order chi connectivity index (χ1) is 11.7. The molecule has 0 aliphatic carbocycles. The number of carbonyl (C=O) groups excluding carboxylic acids is 1. The van der Waals surface area contributed by atoms with Crippen LogP contribution in [0.4, 0.5) is 0 Å². The quantitative estimate of drug-likeness (QED) is 0.439. The molecule has 0 N–H and O–H groups in total. The summed E-state index contributed by atoms with van der Waals surface area (Å²) in [5.74, 6) is -4.49. The molecule has 0 bridgehead atoms. The van der Waals surface area contributed by atoms with Crippen molar-refractivity contribution in [3.8, 4) is 0 Å². The predicted octanol–water partition coefficient (Wildman–Crippen LogP) is 2.10. The molecule has 8 nitrogen and oxygen atoms in total. The number of hydrogen-bond donors (Lipinski definition) is 0. The normalized spacial score (nSPS) is 31.9. The third-order valence-corrected chi connectivity index (χ3v) is 4.85. The molecule has 1 aliphatic heterocycles. The molecule has 138 valence electrons. The van der Waals surface area contributed by atoms with E-state index in [-0.39, 0.29) is 0 Å². The van der Waals surface area contributed by atoms with Gasteiger partial charge in [0.2, 0.25) is 11.8 Å². The third kappa shape index (κ3) is 3.37. The lowest BCUT2D eigenvalue weighted by atomic mass is 9.86. The number of hydrogen-bond acceptors (Lipinski definition) is 7. The van der Waals surface area contributed by atoms with Crippen LogP contribution in [0, 0.1) is 10.1 Å². The van der Waals surface area contributed by atoms with Crippen LogP contribution in [0.15, 0.2) is 30.3 Å². The first-order valence-corrected chi connectivity index (χ1v) is 7.88. The number of rotatable bonds is 6. The lowest BCUT2D eigenvalue weighted by molar-refractivity contribution is -0.526. The molecular formula is C17H23NO7. The first kappa shape index (κ1) is 19.3. The largest absolute Gasteiger partial charge is 0.425 e. The van der Waals surface area contributed by atoms with Gasteiger partial charge >= 0.3 is 5.97 Å². The summed E-state index contributed by atoms with van der Waals surface area (Å²) in [6.45, 7) is 4.51. The van der Waals surface area contributed by atoms with Crippen LogP contribution < -0.4 is 0 Å². The van der Waals surface area contributed by atoms with E-state index in [1.165, 1.54) is 28.1 Å². The fourth-order valence-electron chi connectivity index (χ4n) is 2.93. The maximum absolute atomic E-state index is 12.6. The zero-order chi connectivity index (χ0) is 18.8. The summed E-state index contributed by atoms with van der Waals surface area (Å²) in [6, 6.07) is 7.65. The van der Waals surface area contributed by atoms with Crippen molar-refractivity contribution in [3.63, 3.8) is 0 Å². The second kappa shape index (κ2) is 7.07. The van der Waals surface area contributed by atoms with Crippen molar-refractivity contribution < 1.29 is 28.7 Å². The number of nitrogens with zero attached hydrogens (tertiary/aromatic N) is 1. The van der Waals surface area contributed by atoms with Gasteiger partial charge in [0.1, 0.15) is 0 Å². The Kier molecular flexibility index (Phi) is 5.46. The summed E-state index contributed by atoms with van der Waals surface area (Å²) >= 11 is 0. The third-order valence-electron chi connectivity index (χ3n) is 4.85. The zero-order valence-electron chi connectivity index (χ0n) is 14.9. The number of esters is 1. The molecule has 2 rings (SSSR count). The van der Waals surface area contributed by atoms with E-state index in [0.29, 0.717) is 5.56 Å². The lowest BCUT2D eigenvalue weighted by Crippen LogP contribution is -2.65. The van der Waals surface area contributed by atoms with Gasteiger partial charge in [-0.2, -0.15) is 0 Å². The summed E-state index contributed by atoms with van der Waals surface area (Å²) in [7, 11) is 2.75. The summed E-state index contributed by atoms with van der Waals surface area (Å²) in [5, 5.41) is 11.4. The van der Waals surface area contributed by atoms with Gasteiger partial charge in [0, 0.05) is 33.0 Å². The second-order valence-electron chi connectivity index (χ2n) is 6.22. The molecule has 1 aliphatic rings. The van der Waals surface area contributed by atoms with Crippen LogP contribution in [0.25, 0.3) is 0 Å². The van der Waals surface area contributed by atoms with Crippen molar-refractivity contribution in [2.45, 2.75) is 50.4 Å². The Bertz CT molecular complexity index is 637. The minimum absolute atomic E-state index is 0.442. The van der Waals surface area contributed by atoms with Gasteiger partial charge in [0.05, 0.1) is 5.92 Å². The highest BCUT2D eigenvalue weighted by atomic mass is 16.8. The van der Waals surface area contributed by atoms with Crippen molar-refractivity contribution in [1.29, 1.82) is 0 Å². The number of benzene rings is 1. The van der Waals surface area contributed by atoms with Crippen molar-refractivity contribution in [2.75, 3.05) is 14.2 Å². The molecule has 0 unspecified atom stereocenters. The van der Waals surface area contributed by atoms with E-state index in [0.717, 1.165) is 0 Å². The molecule has 1 aromatic carbocycles. The molecular weight excluding hydrogens is 330 g/mol. The van der Waals surface area contributed by atoms with E-state index in [1.807, 2.05) is 0 Å². The Morgan fingerprint density at radius 3 is 2.20 bits per heavy atom. The molecule has 0 spiro atoms. The smallest absolute Gasteiger partial charge is 0.339 e. The Hall–Kier alpha value is -2.03. The maximum Gasteiger partial charge on any atom is 0.339 e. The minimum atomic E-state index is -1.48. The number of ether oxygens (including phenoxy) is 4. The number of nitro groups is 1. The Balaban J connectivity index is 2.47. The Labute approximate surface area is 146 Å². The fourth-order valence-corrected chi connectivity index (χ4v) is 2.93. The first-order valence-electron chi connectivity index (χ1n) is 7.88. The van der Waals surface area contributed by atoms with E-state index >= 15 is 0 Å². The van der Waals surface area contributed by atoms with Crippen molar-refractivity contribution in [3.05, 3.63) is 46.0 Å². The van der Waals surface area contributed by atoms with Crippen LogP contribution in [0.2, 0.25) is 0 Å². The van der Waals surface area contributed by atoms with Crippen LogP contribution in [-0.4, -0.2) is 48.8 Å². The van der Waals surface area contributed by atoms with Crippen molar-refractivity contribution >= 4 is 5.97 Å². The minimum Gasteiger partial charge on any atom is -0.425 e. The van der Waals surface area contributed by atoms with Gasteiger partial charge in [-0.25, -0.2) is 4.79 Å². The average molecular weight is 353 g/mol. The van der Waals surface area contributed by atoms with Crippen molar-refractivity contribution in [1.82, 2.24) is 0 Å². The molecule has 1 saturated heterocycles. The Morgan fingerprint density at radius 1 is 1.16 bits per heavy atom. The summed E-state index contributed by atoms with van der Waals surface area (Å²) in [4.78, 5) is 23.6. The fraction of sp³-hybridized carbons (Fsp3) is 0.588. The molecule has 5 atom stereocenters.